The smallest absolute Gasteiger partial charge is 0.228 e. The van der Waals surface area contributed by atoms with Gasteiger partial charge < -0.3 is 4.90 Å². The number of hydrogen-bond donors (Lipinski definition) is 0. The average molecular weight is 379 g/mol. The number of aromatic nitrogens is 3. The zero-order chi connectivity index (χ0) is 18.5. The lowest BCUT2D eigenvalue weighted by molar-refractivity contribution is -0.132. The van der Waals surface area contributed by atoms with Gasteiger partial charge in [0.2, 0.25) is 5.91 Å². The summed E-state index contributed by atoms with van der Waals surface area (Å²) in [5.74, 6) is 0.147. The van der Waals surface area contributed by atoms with E-state index in [1.54, 1.807) is 12.4 Å². The van der Waals surface area contributed by atoms with Crippen LogP contribution in [0.25, 0.3) is 10.7 Å². The van der Waals surface area contributed by atoms with E-state index in [2.05, 4.69) is 25.9 Å². The summed E-state index contributed by atoms with van der Waals surface area (Å²) in [5.41, 5.74) is 2.88. The van der Waals surface area contributed by atoms with E-state index in [0.29, 0.717) is 6.42 Å². The van der Waals surface area contributed by atoms with Crippen molar-refractivity contribution in [1.82, 2.24) is 24.8 Å². The predicted molar refractivity (Wildman–Crippen MR) is 105 cm³/mol. The van der Waals surface area contributed by atoms with E-state index in [-0.39, 0.29) is 5.91 Å². The summed E-state index contributed by atoms with van der Waals surface area (Å²) in [6.45, 7) is 4.18. The Morgan fingerprint density at radius 1 is 1.07 bits per heavy atom. The van der Waals surface area contributed by atoms with Crippen molar-refractivity contribution in [3.05, 3.63) is 65.6 Å². The molecule has 0 saturated carbocycles. The molecule has 0 spiro atoms. The largest absolute Gasteiger partial charge is 0.340 e. The van der Waals surface area contributed by atoms with E-state index in [4.69, 9.17) is 0 Å². The van der Waals surface area contributed by atoms with Gasteiger partial charge in [-0.2, -0.15) is 0 Å². The Hall–Kier alpha value is -2.64. The highest BCUT2D eigenvalue weighted by molar-refractivity contribution is 7.13. The standard InChI is InChI=1S/C20H21N5OS/c26-19(12-17-15-27-20(23-17)18-5-1-2-7-22-18)25-10-8-24(9-11-25)14-16-4-3-6-21-13-16/h1-7,13,15H,8-12,14H2. The van der Waals surface area contributed by atoms with Crippen LogP contribution in [0.4, 0.5) is 0 Å². The molecule has 3 aromatic heterocycles. The number of pyridine rings is 2. The van der Waals surface area contributed by atoms with Crippen molar-refractivity contribution in [2.24, 2.45) is 0 Å². The van der Waals surface area contributed by atoms with Gasteiger partial charge in [0.1, 0.15) is 5.01 Å². The SMILES string of the molecule is O=C(Cc1csc(-c2ccccn2)n1)N1CCN(Cc2cccnc2)CC1. The van der Waals surface area contributed by atoms with E-state index >= 15 is 0 Å². The van der Waals surface area contributed by atoms with Crippen molar-refractivity contribution in [1.29, 1.82) is 0 Å². The van der Waals surface area contributed by atoms with Crippen LogP contribution in [0.2, 0.25) is 0 Å². The van der Waals surface area contributed by atoms with Crippen molar-refractivity contribution < 1.29 is 4.79 Å². The molecule has 0 unspecified atom stereocenters. The van der Waals surface area contributed by atoms with Crippen LogP contribution >= 0.6 is 11.3 Å². The summed E-state index contributed by atoms with van der Waals surface area (Å²) in [4.78, 5) is 30.0. The predicted octanol–water partition coefficient (Wildman–Crippen LogP) is 2.49. The Morgan fingerprint density at radius 3 is 2.70 bits per heavy atom. The number of rotatable bonds is 5. The molecule has 1 amide bonds. The molecule has 4 rings (SSSR count). The number of thiazole rings is 1. The highest BCUT2D eigenvalue weighted by Crippen LogP contribution is 2.22. The first kappa shape index (κ1) is 17.8. The molecule has 3 aromatic rings. The molecule has 1 aliphatic rings. The van der Waals surface area contributed by atoms with Gasteiger partial charge in [-0.25, -0.2) is 4.98 Å². The molecule has 0 atom stereocenters. The second-order valence-corrected chi connectivity index (χ2v) is 7.41. The van der Waals surface area contributed by atoms with Gasteiger partial charge in [-0.05, 0) is 23.8 Å². The van der Waals surface area contributed by atoms with Crippen LogP contribution < -0.4 is 0 Å². The number of piperazine rings is 1. The molecule has 1 saturated heterocycles. The topological polar surface area (TPSA) is 62.2 Å². The third-order valence-electron chi connectivity index (χ3n) is 4.62. The number of carbonyl (C=O) groups is 1. The normalized spacial score (nSPS) is 15.0. The highest BCUT2D eigenvalue weighted by Gasteiger charge is 2.22. The fourth-order valence-corrected chi connectivity index (χ4v) is 3.96. The Kier molecular flexibility index (Phi) is 5.50. The van der Waals surface area contributed by atoms with Gasteiger partial charge in [-0.3, -0.25) is 19.7 Å². The third kappa shape index (κ3) is 4.56. The van der Waals surface area contributed by atoms with Crippen LogP contribution in [0, 0.1) is 0 Å². The molecule has 7 heteroatoms. The van der Waals surface area contributed by atoms with Gasteiger partial charge in [0.05, 0.1) is 17.8 Å². The molecule has 1 aliphatic heterocycles. The summed E-state index contributed by atoms with van der Waals surface area (Å²) >= 11 is 1.53. The summed E-state index contributed by atoms with van der Waals surface area (Å²) in [6.07, 6.45) is 5.80. The maximum Gasteiger partial charge on any atom is 0.228 e. The lowest BCUT2D eigenvalue weighted by Gasteiger charge is -2.34. The lowest BCUT2D eigenvalue weighted by atomic mass is 10.2. The molecule has 0 bridgehead atoms. The first-order valence-electron chi connectivity index (χ1n) is 9.03. The molecule has 0 aliphatic carbocycles. The Labute approximate surface area is 162 Å². The van der Waals surface area contributed by atoms with Gasteiger partial charge in [-0.1, -0.05) is 12.1 Å². The van der Waals surface area contributed by atoms with Crippen LogP contribution in [0.1, 0.15) is 11.3 Å². The molecule has 0 aromatic carbocycles. The molecule has 0 radical (unpaired) electrons. The van der Waals surface area contributed by atoms with Crippen molar-refractivity contribution in [3.8, 4) is 10.7 Å². The number of amides is 1. The van der Waals surface area contributed by atoms with Crippen LogP contribution in [-0.2, 0) is 17.8 Å². The van der Waals surface area contributed by atoms with Crippen LogP contribution in [0.5, 0.6) is 0 Å². The maximum atomic E-state index is 12.6. The van der Waals surface area contributed by atoms with E-state index in [9.17, 15) is 4.79 Å². The Morgan fingerprint density at radius 2 is 1.96 bits per heavy atom. The zero-order valence-corrected chi connectivity index (χ0v) is 15.8. The zero-order valence-electron chi connectivity index (χ0n) is 15.0. The molecule has 1 fully saturated rings. The second-order valence-electron chi connectivity index (χ2n) is 6.55. The fourth-order valence-electron chi connectivity index (χ4n) is 3.17. The van der Waals surface area contributed by atoms with Gasteiger partial charge >= 0.3 is 0 Å². The van der Waals surface area contributed by atoms with Gasteiger partial charge in [0.25, 0.3) is 0 Å². The molecular weight excluding hydrogens is 358 g/mol. The average Bonchev–Trinajstić information content (AvgIpc) is 3.18. The van der Waals surface area contributed by atoms with E-state index in [1.807, 2.05) is 40.7 Å². The number of hydrogen-bond acceptors (Lipinski definition) is 6. The maximum absolute atomic E-state index is 12.6. The second kappa shape index (κ2) is 8.37. The molecule has 27 heavy (non-hydrogen) atoms. The summed E-state index contributed by atoms with van der Waals surface area (Å²) in [6, 6.07) is 9.81. The molecule has 0 N–H and O–H groups in total. The minimum Gasteiger partial charge on any atom is -0.340 e. The van der Waals surface area contributed by atoms with Gasteiger partial charge in [0, 0.05) is 56.7 Å². The van der Waals surface area contributed by atoms with Crippen molar-refractivity contribution in [3.63, 3.8) is 0 Å². The van der Waals surface area contributed by atoms with E-state index in [0.717, 1.165) is 49.1 Å². The minimum atomic E-state index is 0.147. The Balaban J connectivity index is 1.29. The minimum absolute atomic E-state index is 0.147. The number of nitrogens with zero attached hydrogens (tertiary/aromatic N) is 5. The van der Waals surface area contributed by atoms with Crippen LogP contribution in [-0.4, -0.2) is 56.8 Å². The van der Waals surface area contributed by atoms with Crippen LogP contribution in [0.15, 0.2) is 54.3 Å². The summed E-state index contributed by atoms with van der Waals surface area (Å²) < 4.78 is 0. The first-order valence-corrected chi connectivity index (χ1v) is 9.91. The highest BCUT2D eigenvalue weighted by atomic mass is 32.1. The molecule has 4 heterocycles. The fraction of sp³-hybridized carbons (Fsp3) is 0.300. The summed E-state index contributed by atoms with van der Waals surface area (Å²) in [7, 11) is 0. The first-order chi connectivity index (χ1) is 13.3. The van der Waals surface area contributed by atoms with Crippen molar-refractivity contribution in [2.45, 2.75) is 13.0 Å². The molecular formula is C20H21N5OS. The van der Waals surface area contributed by atoms with Gasteiger partial charge in [0.15, 0.2) is 0 Å². The van der Waals surface area contributed by atoms with E-state index < -0.39 is 0 Å². The lowest BCUT2D eigenvalue weighted by Crippen LogP contribution is -2.48. The third-order valence-corrected chi connectivity index (χ3v) is 5.54. The van der Waals surface area contributed by atoms with Crippen molar-refractivity contribution in [2.75, 3.05) is 26.2 Å². The number of carbonyl (C=O) groups excluding carboxylic acids is 1. The van der Waals surface area contributed by atoms with E-state index in [1.165, 1.54) is 16.9 Å². The van der Waals surface area contributed by atoms with Crippen LogP contribution in [0.3, 0.4) is 0 Å². The quantitative estimate of drug-likeness (QED) is 0.682. The van der Waals surface area contributed by atoms with Gasteiger partial charge in [-0.15, -0.1) is 11.3 Å². The monoisotopic (exact) mass is 379 g/mol. The Bertz CT molecular complexity index is 876. The summed E-state index contributed by atoms with van der Waals surface area (Å²) in [5, 5.41) is 2.82. The molecule has 138 valence electrons. The molecule has 6 nitrogen and oxygen atoms in total. The van der Waals surface area contributed by atoms with Crippen molar-refractivity contribution >= 4 is 17.2 Å².